The molecule has 0 spiro atoms. The van der Waals surface area contributed by atoms with E-state index in [0.717, 1.165) is 12.8 Å². The number of sulfonamides is 1. The standard InChI is InChI=1S/C15H25N3O4S/c1-3-11-23(21,22)16-9-5-12(6-10-16)18-13(19)15(2)7-4-8-17(15)14(18)20/h12H,3-11H2,1-2H3/t15-/m1/s1. The molecular formula is C15H25N3O4S. The van der Waals surface area contributed by atoms with Crippen molar-refractivity contribution in [3.8, 4) is 0 Å². The van der Waals surface area contributed by atoms with Gasteiger partial charge in [0.1, 0.15) is 5.54 Å². The number of amides is 3. The number of imide groups is 1. The predicted molar refractivity (Wildman–Crippen MR) is 85.3 cm³/mol. The molecule has 0 saturated carbocycles. The van der Waals surface area contributed by atoms with Gasteiger partial charge in [0, 0.05) is 25.7 Å². The first-order chi connectivity index (χ1) is 10.8. The van der Waals surface area contributed by atoms with Gasteiger partial charge in [-0.2, -0.15) is 0 Å². The molecule has 3 fully saturated rings. The molecule has 130 valence electrons. The third kappa shape index (κ3) is 2.55. The summed E-state index contributed by atoms with van der Waals surface area (Å²) in [6.45, 7) is 5.11. The van der Waals surface area contributed by atoms with Crippen LogP contribution in [0.1, 0.15) is 46.0 Å². The van der Waals surface area contributed by atoms with Crippen LogP contribution in [0.15, 0.2) is 0 Å². The smallest absolute Gasteiger partial charge is 0.310 e. The number of nitrogens with zero attached hydrogens (tertiary/aromatic N) is 3. The van der Waals surface area contributed by atoms with E-state index in [0.29, 0.717) is 38.9 Å². The number of rotatable bonds is 4. The highest BCUT2D eigenvalue weighted by Gasteiger charge is 2.58. The van der Waals surface area contributed by atoms with Crippen LogP contribution in [0, 0.1) is 0 Å². The highest BCUT2D eigenvalue weighted by atomic mass is 32.2. The topological polar surface area (TPSA) is 78.0 Å². The monoisotopic (exact) mass is 343 g/mol. The third-order valence-electron chi connectivity index (χ3n) is 5.40. The minimum absolute atomic E-state index is 0.102. The SMILES string of the molecule is CCCS(=O)(=O)N1CCC(N2C(=O)N3CCC[C@]3(C)C2=O)CC1. The predicted octanol–water partition coefficient (Wildman–Crippen LogP) is 1.01. The minimum atomic E-state index is -3.20. The van der Waals surface area contributed by atoms with E-state index in [1.807, 2.05) is 13.8 Å². The van der Waals surface area contributed by atoms with Gasteiger partial charge in [0.2, 0.25) is 10.0 Å². The van der Waals surface area contributed by atoms with E-state index in [-0.39, 0.29) is 23.7 Å². The van der Waals surface area contributed by atoms with Crippen molar-refractivity contribution >= 4 is 22.0 Å². The Morgan fingerprint density at radius 2 is 1.83 bits per heavy atom. The van der Waals surface area contributed by atoms with Gasteiger partial charge in [-0.05, 0) is 39.0 Å². The normalized spacial score (nSPS) is 30.3. The number of hydrogen-bond donors (Lipinski definition) is 0. The van der Waals surface area contributed by atoms with E-state index in [4.69, 9.17) is 0 Å². The van der Waals surface area contributed by atoms with Crippen molar-refractivity contribution in [3.63, 3.8) is 0 Å². The second-order valence-corrected chi connectivity index (χ2v) is 9.02. The van der Waals surface area contributed by atoms with Crippen LogP contribution in [0.4, 0.5) is 4.79 Å². The Bertz CT molecular complexity index is 612. The second-order valence-electron chi connectivity index (χ2n) is 6.93. The van der Waals surface area contributed by atoms with Crippen LogP contribution in [0.5, 0.6) is 0 Å². The number of piperidine rings is 1. The minimum Gasteiger partial charge on any atom is -0.310 e. The Morgan fingerprint density at radius 1 is 1.17 bits per heavy atom. The van der Waals surface area contributed by atoms with E-state index in [2.05, 4.69) is 0 Å². The summed E-state index contributed by atoms with van der Waals surface area (Å²) in [5, 5.41) is 0. The van der Waals surface area contributed by atoms with Gasteiger partial charge >= 0.3 is 6.03 Å². The van der Waals surface area contributed by atoms with Crippen molar-refractivity contribution in [1.82, 2.24) is 14.1 Å². The van der Waals surface area contributed by atoms with Crippen molar-refractivity contribution in [2.75, 3.05) is 25.4 Å². The van der Waals surface area contributed by atoms with E-state index in [1.165, 1.54) is 9.21 Å². The van der Waals surface area contributed by atoms with Crippen LogP contribution in [-0.2, 0) is 14.8 Å². The zero-order valence-corrected chi connectivity index (χ0v) is 14.6. The maximum Gasteiger partial charge on any atom is 0.327 e. The zero-order chi connectivity index (χ0) is 16.8. The number of carbonyl (C=O) groups is 2. The Labute approximate surface area is 137 Å². The van der Waals surface area contributed by atoms with Crippen LogP contribution in [0.25, 0.3) is 0 Å². The summed E-state index contributed by atoms with van der Waals surface area (Å²) in [6, 6.07) is -0.365. The molecule has 3 aliphatic rings. The Hall–Kier alpha value is -1.15. The largest absolute Gasteiger partial charge is 0.327 e. The molecule has 0 aromatic carbocycles. The molecule has 3 saturated heterocycles. The first-order valence-electron chi connectivity index (χ1n) is 8.44. The van der Waals surface area contributed by atoms with Crippen LogP contribution in [0.3, 0.4) is 0 Å². The highest BCUT2D eigenvalue weighted by molar-refractivity contribution is 7.89. The van der Waals surface area contributed by atoms with Gasteiger partial charge in [-0.25, -0.2) is 17.5 Å². The average molecular weight is 343 g/mol. The fraction of sp³-hybridized carbons (Fsp3) is 0.867. The second kappa shape index (κ2) is 5.73. The summed E-state index contributed by atoms with van der Waals surface area (Å²) < 4.78 is 25.7. The van der Waals surface area contributed by atoms with Crippen LogP contribution >= 0.6 is 0 Å². The Kier molecular flexibility index (Phi) is 4.16. The first kappa shape index (κ1) is 16.7. The van der Waals surface area contributed by atoms with E-state index >= 15 is 0 Å². The molecule has 3 heterocycles. The molecule has 7 nitrogen and oxygen atoms in total. The lowest BCUT2D eigenvalue weighted by Crippen LogP contribution is -2.50. The first-order valence-corrected chi connectivity index (χ1v) is 10.1. The van der Waals surface area contributed by atoms with Gasteiger partial charge in [-0.15, -0.1) is 0 Å². The fourth-order valence-corrected chi connectivity index (χ4v) is 5.60. The lowest BCUT2D eigenvalue weighted by atomic mass is 9.97. The maximum atomic E-state index is 12.7. The molecule has 0 aliphatic carbocycles. The molecule has 8 heteroatoms. The van der Waals surface area contributed by atoms with Crippen LogP contribution in [-0.4, -0.2) is 71.4 Å². The quantitative estimate of drug-likeness (QED) is 0.714. The van der Waals surface area contributed by atoms with E-state index in [9.17, 15) is 18.0 Å². The van der Waals surface area contributed by atoms with Crippen LogP contribution in [0.2, 0.25) is 0 Å². The molecule has 1 atom stereocenters. The van der Waals surface area contributed by atoms with Gasteiger partial charge in [-0.1, -0.05) is 6.92 Å². The molecule has 0 aromatic heterocycles. The van der Waals surface area contributed by atoms with Gasteiger partial charge in [0.25, 0.3) is 5.91 Å². The third-order valence-corrected chi connectivity index (χ3v) is 7.48. The summed E-state index contributed by atoms with van der Waals surface area (Å²) in [6.07, 6.45) is 3.25. The van der Waals surface area contributed by atoms with Gasteiger partial charge < -0.3 is 4.90 Å². The van der Waals surface area contributed by atoms with Crippen molar-refractivity contribution in [3.05, 3.63) is 0 Å². The average Bonchev–Trinajstić information content (AvgIpc) is 2.97. The molecule has 0 bridgehead atoms. The summed E-state index contributed by atoms with van der Waals surface area (Å²) in [5.74, 6) is 0.0559. The molecule has 3 amide bonds. The fourth-order valence-electron chi connectivity index (χ4n) is 4.06. The lowest BCUT2D eigenvalue weighted by molar-refractivity contribution is -0.133. The summed E-state index contributed by atoms with van der Waals surface area (Å²) in [4.78, 5) is 28.4. The van der Waals surface area contributed by atoms with Gasteiger partial charge in [0.15, 0.2) is 0 Å². The van der Waals surface area contributed by atoms with Gasteiger partial charge in [-0.3, -0.25) is 9.69 Å². The number of fused-ring (bicyclic) bond motifs is 1. The number of carbonyl (C=O) groups excluding carboxylic acids is 2. The number of hydrogen-bond acceptors (Lipinski definition) is 4. The molecule has 0 aromatic rings. The molecule has 3 rings (SSSR count). The van der Waals surface area contributed by atoms with Crippen molar-refractivity contribution < 1.29 is 18.0 Å². The summed E-state index contributed by atoms with van der Waals surface area (Å²) >= 11 is 0. The van der Waals surface area contributed by atoms with E-state index in [1.54, 1.807) is 4.90 Å². The summed E-state index contributed by atoms with van der Waals surface area (Å²) in [5.41, 5.74) is -0.678. The zero-order valence-electron chi connectivity index (χ0n) is 13.8. The van der Waals surface area contributed by atoms with Crippen LogP contribution < -0.4 is 0 Å². The lowest BCUT2D eigenvalue weighted by Gasteiger charge is -2.35. The van der Waals surface area contributed by atoms with E-state index < -0.39 is 15.6 Å². The van der Waals surface area contributed by atoms with Crippen molar-refractivity contribution in [1.29, 1.82) is 0 Å². The van der Waals surface area contributed by atoms with Gasteiger partial charge in [0.05, 0.1) is 5.75 Å². The van der Waals surface area contributed by atoms with Crippen molar-refractivity contribution in [2.24, 2.45) is 0 Å². The Balaban J connectivity index is 1.69. The maximum absolute atomic E-state index is 12.7. The molecule has 0 radical (unpaired) electrons. The number of urea groups is 1. The molecule has 23 heavy (non-hydrogen) atoms. The molecule has 0 unspecified atom stereocenters. The molecule has 3 aliphatic heterocycles. The molecule has 0 N–H and O–H groups in total. The highest BCUT2D eigenvalue weighted by Crippen LogP contribution is 2.39. The van der Waals surface area contributed by atoms with Crippen molar-refractivity contribution in [2.45, 2.75) is 57.5 Å². The molecular weight excluding hydrogens is 318 g/mol. The summed E-state index contributed by atoms with van der Waals surface area (Å²) in [7, 11) is -3.20. The Morgan fingerprint density at radius 3 is 2.39 bits per heavy atom.